The van der Waals surface area contributed by atoms with Gasteiger partial charge in [-0.2, -0.15) is 9.61 Å². The summed E-state index contributed by atoms with van der Waals surface area (Å²) in [5.41, 5.74) is 0.0253. The van der Waals surface area contributed by atoms with Crippen LogP contribution in [-0.4, -0.2) is 19.6 Å². The molecule has 0 unspecified atom stereocenters. The molecule has 0 saturated heterocycles. The van der Waals surface area contributed by atoms with E-state index in [1.807, 2.05) is 0 Å². The summed E-state index contributed by atoms with van der Waals surface area (Å²) in [7, 11) is 0. The number of H-pyrrole nitrogens is 1. The van der Waals surface area contributed by atoms with Crippen LogP contribution in [0.25, 0.3) is 5.65 Å². The third kappa shape index (κ3) is 0.813. The highest BCUT2D eigenvalue weighted by molar-refractivity contribution is 6.33. The highest BCUT2D eigenvalue weighted by Crippen LogP contribution is 2.10. The van der Waals surface area contributed by atoms with Crippen LogP contribution in [0.2, 0.25) is 5.02 Å². The summed E-state index contributed by atoms with van der Waals surface area (Å²) in [4.78, 5) is 17.1. The van der Waals surface area contributed by atoms with Gasteiger partial charge in [-0.3, -0.25) is 4.98 Å². The molecular formula is C5H3ClN4O. The largest absolute Gasteiger partial charge is 0.349 e. The van der Waals surface area contributed by atoms with Gasteiger partial charge in [0.1, 0.15) is 5.02 Å². The van der Waals surface area contributed by atoms with Crippen LogP contribution in [0.3, 0.4) is 0 Å². The molecular weight excluding hydrogens is 168 g/mol. The minimum absolute atomic E-state index is 0.345. The maximum atomic E-state index is 10.9. The van der Waals surface area contributed by atoms with Crippen molar-refractivity contribution in [2.45, 2.75) is 0 Å². The van der Waals surface area contributed by atoms with E-state index < -0.39 is 0 Å². The van der Waals surface area contributed by atoms with Crippen LogP contribution in [0.1, 0.15) is 0 Å². The lowest BCUT2D eigenvalue weighted by molar-refractivity contribution is 0.840. The molecule has 0 amide bonds. The van der Waals surface area contributed by atoms with Gasteiger partial charge < -0.3 is 0 Å². The van der Waals surface area contributed by atoms with Crippen LogP contribution >= 0.6 is 11.6 Å². The molecule has 1 N–H and O–H groups in total. The summed E-state index contributed by atoms with van der Waals surface area (Å²) in [5.74, 6) is 0. The van der Waals surface area contributed by atoms with Gasteiger partial charge in [0, 0.05) is 0 Å². The van der Waals surface area contributed by atoms with Crippen LogP contribution in [0.15, 0.2) is 17.3 Å². The van der Waals surface area contributed by atoms with Crippen molar-refractivity contribution >= 4 is 17.2 Å². The van der Waals surface area contributed by atoms with Crippen LogP contribution in [0.5, 0.6) is 0 Å². The van der Waals surface area contributed by atoms with Crippen molar-refractivity contribution in [1.29, 1.82) is 0 Å². The number of nitrogens with one attached hydrogen (secondary N) is 1. The lowest BCUT2D eigenvalue weighted by Crippen LogP contribution is -2.17. The van der Waals surface area contributed by atoms with Crippen molar-refractivity contribution in [3.05, 3.63) is 28.0 Å². The second-order valence-corrected chi connectivity index (χ2v) is 2.34. The van der Waals surface area contributed by atoms with Crippen molar-refractivity contribution in [2.75, 3.05) is 0 Å². The molecule has 0 bridgehead atoms. The minimum Gasteiger partial charge on any atom is -0.296 e. The Morgan fingerprint density at radius 3 is 3.18 bits per heavy atom. The van der Waals surface area contributed by atoms with E-state index in [4.69, 9.17) is 11.6 Å². The van der Waals surface area contributed by atoms with Crippen molar-refractivity contribution in [3.63, 3.8) is 0 Å². The number of halogens is 1. The van der Waals surface area contributed by atoms with E-state index in [-0.39, 0.29) is 5.69 Å². The van der Waals surface area contributed by atoms with E-state index in [0.29, 0.717) is 10.7 Å². The molecule has 0 aliphatic rings. The zero-order chi connectivity index (χ0) is 7.84. The maximum absolute atomic E-state index is 10.9. The Hall–Kier alpha value is -1.36. The maximum Gasteiger partial charge on any atom is 0.349 e. The summed E-state index contributed by atoms with van der Waals surface area (Å²) in [6, 6.07) is 0. The Labute approximate surface area is 65.6 Å². The molecule has 5 nitrogen and oxygen atoms in total. The van der Waals surface area contributed by atoms with Crippen molar-refractivity contribution in [3.8, 4) is 0 Å². The Morgan fingerprint density at radius 1 is 1.64 bits per heavy atom. The second kappa shape index (κ2) is 2.06. The second-order valence-electron chi connectivity index (χ2n) is 1.94. The van der Waals surface area contributed by atoms with Gasteiger partial charge in [0.25, 0.3) is 0 Å². The molecule has 11 heavy (non-hydrogen) atoms. The summed E-state index contributed by atoms with van der Waals surface area (Å²) in [6.45, 7) is 0. The van der Waals surface area contributed by atoms with Crippen LogP contribution in [0, 0.1) is 0 Å². The van der Waals surface area contributed by atoms with Gasteiger partial charge in [-0.05, 0) is 0 Å². The van der Waals surface area contributed by atoms with Crippen LogP contribution in [-0.2, 0) is 0 Å². The fourth-order valence-electron chi connectivity index (χ4n) is 0.797. The van der Waals surface area contributed by atoms with Gasteiger partial charge in [-0.1, -0.05) is 11.6 Å². The standard InChI is InChI=1S/C5H3ClN4O/c6-3-1-9-10-4(3)7-2-8-5(10)11/h1-2H,(H,7,8,11). The monoisotopic (exact) mass is 170 g/mol. The molecule has 0 aliphatic heterocycles. The smallest absolute Gasteiger partial charge is 0.296 e. The number of hydrogen-bond acceptors (Lipinski definition) is 3. The number of rotatable bonds is 0. The first-order valence-corrected chi connectivity index (χ1v) is 3.24. The molecule has 2 heterocycles. The summed E-state index contributed by atoms with van der Waals surface area (Å²) in [5, 5.41) is 4.07. The van der Waals surface area contributed by atoms with Gasteiger partial charge in [-0.25, -0.2) is 9.78 Å². The third-order valence-corrected chi connectivity index (χ3v) is 1.53. The van der Waals surface area contributed by atoms with E-state index in [9.17, 15) is 4.79 Å². The first-order chi connectivity index (χ1) is 5.29. The number of nitrogens with zero attached hydrogens (tertiary/aromatic N) is 3. The average molecular weight is 171 g/mol. The number of aromatic amines is 1. The van der Waals surface area contributed by atoms with E-state index in [0.717, 1.165) is 4.52 Å². The highest BCUT2D eigenvalue weighted by Gasteiger charge is 2.02. The van der Waals surface area contributed by atoms with Gasteiger partial charge in [0.2, 0.25) is 0 Å². The molecule has 2 aromatic rings. The fraction of sp³-hybridized carbons (Fsp3) is 0. The SMILES string of the molecule is O=c1[nH]cnc2c(Cl)cnn12. The van der Waals surface area contributed by atoms with Gasteiger partial charge in [0.05, 0.1) is 12.5 Å². The van der Waals surface area contributed by atoms with Crippen molar-refractivity contribution in [1.82, 2.24) is 19.6 Å². The van der Waals surface area contributed by atoms with Crippen molar-refractivity contribution < 1.29 is 0 Å². The quantitative estimate of drug-likeness (QED) is 0.609. The molecule has 0 radical (unpaired) electrons. The van der Waals surface area contributed by atoms with Gasteiger partial charge in [-0.15, -0.1) is 0 Å². The molecule has 56 valence electrons. The minimum atomic E-state index is -0.345. The Bertz CT molecular complexity index is 445. The van der Waals surface area contributed by atoms with Gasteiger partial charge >= 0.3 is 5.69 Å². The lowest BCUT2D eigenvalue weighted by atomic mass is 10.7. The summed E-state index contributed by atoms with van der Waals surface area (Å²) < 4.78 is 1.10. The number of fused-ring (bicyclic) bond motifs is 1. The molecule has 0 aliphatic carbocycles. The molecule has 0 atom stereocenters. The molecule has 0 aromatic carbocycles. The van der Waals surface area contributed by atoms with E-state index in [1.165, 1.54) is 12.5 Å². The van der Waals surface area contributed by atoms with E-state index >= 15 is 0 Å². The Kier molecular flexibility index (Phi) is 1.19. The topological polar surface area (TPSA) is 63.0 Å². The lowest BCUT2D eigenvalue weighted by Gasteiger charge is -1.87. The van der Waals surface area contributed by atoms with Gasteiger partial charge in [0.15, 0.2) is 5.65 Å². The molecule has 6 heteroatoms. The normalized spacial score (nSPS) is 10.6. The summed E-state index contributed by atoms with van der Waals surface area (Å²) in [6.07, 6.45) is 2.66. The fourth-order valence-corrected chi connectivity index (χ4v) is 0.969. The predicted octanol–water partition coefficient (Wildman–Crippen LogP) is 0.0710. The Balaban J connectivity index is 3.06. The molecule has 2 rings (SSSR count). The van der Waals surface area contributed by atoms with E-state index in [1.54, 1.807) is 0 Å². The zero-order valence-electron chi connectivity index (χ0n) is 5.28. The molecule has 0 saturated carbocycles. The third-order valence-electron chi connectivity index (χ3n) is 1.27. The molecule has 0 fully saturated rings. The zero-order valence-corrected chi connectivity index (χ0v) is 6.04. The number of hydrogen-bond donors (Lipinski definition) is 1. The first-order valence-electron chi connectivity index (χ1n) is 2.86. The van der Waals surface area contributed by atoms with Crippen LogP contribution < -0.4 is 5.69 Å². The number of aromatic nitrogens is 4. The van der Waals surface area contributed by atoms with Crippen molar-refractivity contribution in [2.24, 2.45) is 0 Å². The molecule has 0 spiro atoms. The predicted molar refractivity (Wildman–Crippen MR) is 38.6 cm³/mol. The average Bonchev–Trinajstić information content (AvgIpc) is 2.35. The summed E-state index contributed by atoms with van der Waals surface area (Å²) >= 11 is 5.65. The molecule has 2 aromatic heterocycles. The van der Waals surface area contributed by atoms with Crippen LogP contribution in [0.4, 0.5) is 0 Å². The Morgan fingerprint density at radius 2 is 2.45 bits per heavy atom. The van der Waals surface area contributed by atoms with E-state index in [2.05, 4.69) is 15.1 Å². The first kappa shape index (κ1) is 6.36. The highest BCUT2D eigenvalue weighted by atomic mass is 35.5.